The molecule has 0 radical (unpaired) electrons. The molecule has 2 rings (SSSR count). The fraction of sp³-hybridized carbons (Fsp3) is 0.312. The number of hydrogen-bond donors (Lipinski definition) is 0. The van der Waals surface area contributed by atoms with Crippen molar-refractivity contribution in [3.8, 4) is 11.1 Å². The van der Waals surface area contributed by atoms with E-state index in [9.17, 15) is 0 Å². The van der Waals surface area contributed by atoms with Crippen molar-refractivity contribution in [2.75, 3.05) is 0 Å². The third-order valence-corrected chi connectivity index (χ3v) is 2.49. The summed E-state index contributed by atoms with van der Waals surface area (Å²) in [7, 11) is 0. The second kappa shape index (κ2) is 6.85. The van der Waals surface area contributed by atoms with Gasteiger partial charge in [0.15, 0.2) is 0 Å². The van der Waals surface area contributed by atoms with Crippen LogP contribution >= 0.6 is 0 Å². The summed E-state index contributed by atoms with van der Waals surface area (Å²) in [6.07, 6.45) is 1.95. The van der Waals surface area contributed by atoms with E-state index in [1.165, 1.54) is 11.1 Å². The molecule has 0 aliphatic rings. The summed E-state index contributed by atoms with van der Waals surface area (Å²) in [4.78, 5) is 4.45. The number of benzene rings is 1. The summed E-state index contributed by atoms with van der Waals surface area (Å²) >= 11 is 0. The highest BCUT2D eigenvalue weighted by Gasteiger charge is 2.01. The lowest BCUT2D eigenvalue weighted by atomic mass is 10.1. The summed E-state index contributed by atoms with van der Waals surface area (Å²) in [6, 6.07) is 14.6. The third kappa shape index (κ3) is 3.70. The molecule has 1 aromatic carbocycles. The molecule has 0 fully saturated rings. The first-order valence-corrected chi connectivity index (χ1v) is 6.29. The predicted octanol–water partition coefficient (Wildman–Crippen LogP) is 4.90. The SMILES string of the molecule is CC.CC(C)c1ccc(-c2ccccc2)cn1. The van der Waals surface area contributed by atoms with Gasteiger partial charge >= 0.3 is 0 Å². The Bertz CT molecular complexity index is 415. The van der Waals surface area contributed by atoms with Gasteiger partial charge in [-0.2, -0.15) is 0 Å². The largest absolute Gasteiger partial charge is 0.260 e. The van der Waals surface area contributed by atoms with Crippen LogP contribution in [0.1, 0.15) is 39.3 Å². The predicted molar refractivity (Wildman–Crippen MR) is 75.1 cm³/mol. The molecule has 0 N–H and O–H groups in total. The van der Waals surface area contributed by atoms with Gasteiger partial charge in [-0.05, 0) is 17.5 Å². The Labute approximate surface area is 105 Å². The zero-order chi connectivity index (χ0) is 12.7. The maximum atomic E-state index is 4.45. The maximum Gasteiger partial charge on any atom is 0.0429 e. The van der Waals surface area contributed by atoms with Gasteiger partial charge in [0, 0.05) is 17.5 Å². The standard InChI is InChI=1S/C14H15N.C2H6/c1-11(2)14-9-8-13(10-15-14)12-6-4-3-5-7-12;1-2/h3-11H,1-2H3;1-2H3. The first kappa shape index (κ1) is 13.4. The zero-order valence-corrected chi connectivity index (χ0v) is 11.1. The van der Waals surface area contributed by atoms with Crippen LogP contribution in [-0.4, -0.2) is 4.98 Å². The van der Waals surface area contributed by atoms with Gasteiger partial charge in [0.2, 0.25) is 0 Å². The highest BCUT2D eigenvalue weighted by atomic mass is 14.7. The van der Waals surface area contributed by atoms with E-state index in [1.807, 2.05) is 38.2 Å². The van der Waals surface area contributed by atoms with Crippen LogP contribution in [0, 0.1) is 0 Å². The van der Waals surface area contributed by atoms with E-state index in [1.54, 1.807) is 0 Å². The molecule has 0 spiro atoms. The molecule has 0 saturated carbocycles. The molecule has 2 aromatic rings. The lowest BCUT2D eigenvalue weighted by molar-refractivity contribution is 0.823. The molecule has 1 nitrogen and oxygen atoms in total. The number of nitrogens with zero attached hydrogens (tertiary/aromatic N) is 1. The Balaban J connectivity index is 0.000000686. The van der Waals surface area contributed by atoms with Gasteiger partial charge in [-0.15, -0.1) is 0 Å². The smallest absolute Gasteiger partial charge is 0.0429 e. The van der Waals surface area contributed by atoms with Crippen LogP contribution in [0.3, 0.4) is 0 Å². The van der Waals surface area contributed by atoms with Crippen LogP contribution in [0.2, 0.25) is 0 Å². The Kier molecular flexibility index (Phi) is 5.41. The van der Waals surface area contributed by atoms with E-state index in [2.05, 4.69) is 43.1 Å². The van der Waals surface area contributed by atoms with Crippen LogP contribution < -0.4 is 0 Å². The molecule has 1 heterocycles. The fourth-order valence-corrected chi connectivity index (χ4v) is 1.55. The summed E-state index contributed by atoms with van der Waals surface area (Å²) < 4.78 is 0. The van der Waals surface area contributed by atoms with Crippen LogP contribution in [0.25, 0.3) is 11.1 Å². The van der Waals surface area contributed by atoms with Crippen molar-refractivity contribution in [1.29, 1.82) is 0 Å². The maximum absolute atomic E-state index is 4.45. The number of pyridine rings is 1. The Morgan fingerprint density at radius 3 is 1.94 bits per heavy atom. The summed E-state index contributed by atoms with van der Waals surface area (Å²) in [5.41, 5.74) is 3.55. The first-order chi connectivity index (χ1) is 8.27. The van der Waals surface area contributed by atoms with Gasteiger partial charge in [-0.1, -0.05) is 64.1 Å². The quantitative estimate of drug-likeness (QED) is 0.711. The van der Waals surface area contributed by atoms with Crippen LogP contribution in [0.15, 0.2) is 48.7 Å². The molecular formula is C16H21N. The van der Waals surface area contributed by atoms with Gasteiger partial charge in [-0.25, -0.2) is 0 Å². The molecule has 0 unspecified atom stereocenters. The van der Waals surface area contributed by atoms with Crippen LogP contribution in [0.4, 0.5) is 0 Å². The Morgan fingerprint density at radius 1 is 0.824 bits per heavy atom. The van der Waals surface area contributed by atoms with Gasteiger partial charge in [0.1, 0.15) is 0 Å². The Morgan fingerprint density at radius 2 is 1.47 bits per heavy atom. The van der Waals surface area contributed by atoms with Gasteiger partial charge in [0.25, 0.3) is 0 Å². The molecule has 0 atom stereocenters. The third-order valence-electron chi connectivity index (χ3n) is 2.49. The lowest BCUT2D eigenvalue weighted by Crippen LogP contribution is -1.91. The van der Waals surface area contributed by atoms with Gasteiger partial charge in [0.05, 0.1) is 0 Å². The molecule has 0 aliphatic carbocycles. The zero-order valence-electron chi connectivity index (χ0n) is 11.1. The van der Waals surface area contributed by atoms with Crippen molar-refractivity contribution in [2.45, 2.75) is 33.6 Å². The van der Waals surface area contributed by atoms with Crippen molar-refractivity contribution in [3.63, 3.8) is 0 Å². The van der Waals surface area contributed by atoms with Crippen LogP contribution in [0.5, 0.6) is 0 Å². The van der Waals surface area contributed by atoms with E-state index >= 15 is 0 Å². The molecular weight excluding hydrogens is 206 g/mol. The first-order valence-electron chi connectivity index (χ1n) is 6.29. The Hall–Kier alpha value is -1.63. The topological polar surface area (TPSA) is 12.9 Å². The van der Waals surface area contributed by atoms with Gasteiger partial charge in [-0.3, -0.25) is 4.98 Å². The second-order valence-corrected chi connectivity index (χ2v) is 3.99. The minimum Gasteiger partial charge on any atom is -0.260 e. The second-order valence-electron chi connectivity index (χ2n) is 3.99. The van der Waals surface area contributed by atoms with Gasteiger partial charge < -0.3 is 0 Å². The van der Waals surface area contributed by atoms with E-state index in [0.29, 0.717) is 5.92 Å². The highest BCUT2D eigenvalue weighted by Crippen LogP contribution is 2.19. The molecule has 0 amide bonds. The normalized spacial score (nSPS) is 9.71. The molecule has 90 valence electrons. The summed E-state index contributed by atoms with van der Waals surface area (Å²) in [5.74, 6) is 0.495. The molecule has 0 bridgehead atoms. The fourth-order valence-electron chi connectivity index (χ4n) is 1.55. The minimum absolute atomic E-state index is 0.495. The van der Waals surface area contributed by atoms with Crippen molar-refractivity contribution in [2.24, 2.45) is 0 Å². The number of hydrogen-bond acceptors (Lipinski definition) is 1. The van der Waals surface area contributed by atoms with Crippen molar-refractivity contribution >= 4 is 0 Å². The van der Waals surface area contributed by atoms with Crippen molar-refractivity contribution < 1.29 is 0 Å². The van der Waals surface area contributed by atoms with Crippen molar-refractivity contribution in [3.05, 3.63) is 54.4 Å². The summed E-state index contributed by atoms with van der Waals surface area (Å²) in [5, 5.41) is 0. The lowest BCUT2D eigenvalue weighted by Gasteiger charge is -2.05. The molecule has 0 saturated heterocycles. The summed E-state index contributed by atoms with van der Waals surface area (Å²) in [6.45, 7) is 8.31. The van der Waals surface area contributed by atoms with E-state index in [4.69, 9.17) is 0 Å². The molecule has 1 heteroatoms. The highest BCUT2D eigenvalue weighted by molar-refractivity contribution is 5.62. The van der Waals surface area contributed by atoms with Crippen LogP contribution in [-0.2, 0) is 0 Å². The van der Waals surface area contributed by atoms with E-state index in [0.717, 1.165) is 5.69 Å². The average Bonchev–Trinajstić information content (AvgIpc) is 2.42. The molecule has 0 aliphatic heterocycles. The molecule has 17 heavy (non-hydrogen) atoms. The van der Waals surface area contributed by atoms with E-state index < -0.39 is 0 Å². The monoisotopic (exact) mass is 227 g/mol. The van der Waals surface area contributed by atoms with Crippen molar-refractivity contribution in [1.82, 2.24) is 4.98 Å². The van der Waals surface area contributed by atoms with E-state index in [-0.39, 0.29) is 0 Å². The average molecular weight is 227 g/mol. The number of rotatable bonds is 2. The minimum atomic E-state index is 0.495. The number of aromatic nitrogens is 1. The molecule has 1 aromatic heterocycles.